The highest BCUT2D eigenvalue weighted by molar-refractivity contribution is 5.94. The van der Waals surface area contributed by atoms with Crippen molar-refractivity contribution >= 4 is 5.91 Å². The minimum absolute atomic E-state index is 0.102. The number of likely N-dealkylation sites (tertiary alicyclic amines) is 1. The number of carbonyl (C=O) groups is 1. The molecule has 0 unspecified atom stereocenters. The van der Waals surface area contributed by atoms with Crippen molar-refractivity contribution < 1.29 is 13.6 Å². The summed E-state index contributed by atoms with van der Waals surface area (Å²) in [5, 5.41) is 0. The normalized spacial score (nSPS) is 19.2. The van der Waals surface area contributed by atoms with Crippen LogP contribution in [0, 0.1) is 5.92 Å². The third-order valence-electron chi connectivity index (χ3n) is 3.94. The fourth-order valence-electron chi connectivity index (χ4n) is 2.60. The van der Waals surface area contributed by atoms with Gasteiger partial charge in [0.1, 0.15) is 5.56 Å². The molecule has 0 atom stereocenters. The van der Waals surface area contributed by atoms with Gasteiger partial charge in [0, 0.05) is 25.2 Å². The van der Waals surface area contributed by atoms with Gasteiger partial charge in [0.25, 0.3) is 11.5 Å². The van der Waals surface area contributed by atoms with E-state index >= 15 is 0 Å². The summed E-state index contributed by atoms with van der Waals surface area (Å²) in [7, 11) is 0. The Morgan fingerprint density at radius 2 is 2.05 bits per heavy atom. The largest absolute Gasteiger partial charge is 0.338 e. The average molecular weight is 282 g/mol. The second kappa shape index (κ2) is 5.00. The Labute approximate surface area is 114 Å². The number of pyridine rings is 1. The number of nitrogens with one attached hydrogen (secondary N) is 1. The number of halogens is 2. The molecule has 0 aromatic carbocycles. The van der Waals surface area contributed by atoms with Gasteiger partial charge in [-0.3, -0.25) is 9.59 Å². The molecular weight excluding hydrogens is 266 g/mol. The summed E-state index contributed by atoms with van der Waals surface area (Å²) in [6, 6.07) is 3.33. The number of hydrogen-bond donors (Lipinski definition) is 1. The van der Waals surface area contributed by atoms with Crippen LogP contribution in [0.2, 0.25) is 0 Å². The van der Waals surface area contributed by atoms with Crippen LogP contribution in [0.5, 0.6) is 0 Å². The second-order valence-corrected chi connectivity index (χ2v) is 5.63. The number of nitrogens with zero attached hydrogens (tertiary/aromatic N) is 1. The maximum Gasteiger partial charge on any atom is 0.261 e. The number of rotatable bonds is 4. The first-order valence-electron chi connectivity index (χ1n) is 6.85. The van der Waals surface area contributed by atoms with E-state index in [4.69, 9.17) is 0 Å². The predicted octanol–water partition coefficient (Wildman–Crippen LogP) is 1.98. The quantitative estimate of drug-likeness (QED) is 0.918. The lowest BCUT2D eigenvalue weighted by molar-refractivity contribution is 0.0279. The molecule has 1 aliphatic heterocycles. The Morgan fingerprint density at radius 3 is 2.60 bits per heavy atom. The van der Waals surface area contributed by atoms with Crippen LogP contribution in [0.1, 0.15) is 41.2 Å². The lowest BCUT2D eigenvalue weighted by atomic mass is 9.95. The van der Waals surface area contributed by atoms with Crippen molar-refractivity contribution in [1.29, 1.82) is 0 Å². The Balaban J connectivity index is 1.65. The van der Waals surface area contributed by atoms with Crippen LogP contribution < -0.4 is 5.56 Å². The van der Waals surface area contributed by atoms with Crippen LogP contribution in [-0.2, 0) is 0 Å². The van der Waals surface area contributed by atoms with E-state index in [2.05, 4.69) is 4.98 Å². The highest BCUT2D eigenvalue weighted by Crippen LogP contribution is 2.38. The number of hydrogen-bond acceptors (Lipinski definition) is 2. The lowest BCUT2D eigenvalue weighted by Gasteiger charge is -2.39. The zero-order valence-corrected chi connectivity index (χ0v) is 10.9. The average Bonchev–Trinajstić information content (AvgIpc) is 3.16. The zero-order valence-electron chi connectivity index (χ0n) is 10.9. The summed E-state index contributed by atoms with van der Waals surface area (Å²) in [6.07, 6.45) is -0.366. The first-order valence-corrected chi connectivity index (χ1v) is 6.85. The topological polar surface area (TPSA) is 53.2 Å². The number of alkyl halides is 2. The molecule has 6 heteroatoms. The van der Waals surface area contributed by atoms with Crippen molar-refractivity contribution in [2.45, 2.75) is 31.6 Å². The molecule has 3 rings (SSSR count). The molecule has 0 radical (unpaired) electrons. The number of aromatic nitrogens is 1. The predicted molar refractivity (Wildman–Crippen MR) is 69.1 cm³/mol. The van der Waals surface area contributed by atoms with Crippen molar-refractivity contribution in [3.63, 3.8) is 0 Å². The molecule has 2 heterocycles. The van der Waals surface area contributed by atoms with E-state index in [0.717, 1.165) is 18.5 Å². The minimum atomic E-state index is -2.33. The first kappa shape index (κ1) is 13.3. The molecule has 20 heavy (non-hydrogen) atoms. The highest BCUT2D eigenvalue weighted by Gasteiger charge is 2.34. The van der Waals surface area contributed by atoms with E-state index < -0.39 is 6.43 Å². The molecule has 108 valence electrons. The van der Waals surface area contributed by atoms with Gasteiger partial charge in [0.2, 0.25) is 6.43 Å². The van der Waals surface area contributed by atoms with E-state index in [1.165, 1.54) is 4.90 Å². The second-order valence-electron chi connectivity index (χ2n) is 5.63. The number of H-pyrrole nitrogens is 1. The first-order chi connectivity index (χ1) is 9.54. The molecule has 1 saturated carbocycles. The molecule has 1 saturated heterocycles. The van der Waals surface area contributed by atoms with Gasteiger partial charge in [-0.1, -0.05) is 0 Å². The van der Waals surface area contributed by atoms with E-state index in [9.17, 15) is 18.4 Å². The van der Waals surface area contributed by atoms with Crippen LogP contribution in [0.25, 0.3) is 0 Å². The van der Waals surface area contributed by atoms with Crippen molar-refractivity contribution in [3.8, 4) is 0 Å². The fourth-order valence-corrected chi connectivity index (χ4v) is 2.60. The summed E-state index contributed by atoms with van der Waals surface area (Å²) in [4.78, 5) is 28.2. The molecule has 1 amide bonds. The molecule has 4 nitrogen and oxygen atoms in total. The number of aromatic amines is 1. The molecule has 1 aromatic rings. The van der Waals surface area contributed by atoms with Gasteiger partial charge in [-0.25, -0.2) is 8.78 Å². The number of carbonyl (C=O) groups excluding carboxylic acids is 1. The minimum Gasteiger partial charge on any atom is -0.338 e. The highest BCUT2D eigenvalue weighted by atomic mass is 19.3. The van der Waals surface area contributed by atoms with E-state index in [-0.39, 0.29) is 29.4 Å². The third-order valence-corrected chi connectivity index (χ3v) is 3.94. The van der Waals surface area contributed by atoms with Gasteiger partial charge in [-0.05, 0) is 36.8 Å². The summed E-state index contributed by atoms with van der Waals surface area (Å²) in [5.41, 5.74) is 0.604. The Hall–Kier alpha value is -1.72. The Bertz CT molecular complexity index is 575. The summed E-state index contributed by atoms with van der Waals surface area (Å²) >= 11 is 0. The molecular formula is C14H16F2N2O2. The standard InChI is InChI=1S/C14H16F2N2O2/c15-12(16)5-8-6-18(7-8)14(20)10-3-4-11(9-1-2-9)17-13(10)19/h3-4,8-9,12H,1-2,5-7H2,(H,17,19). The van der Waals surface area contributed by atoms with Crippen LogP contribution in [0.15, 0.2) is 16.9 Å². The van der Waals surface area contributed by atoms with Crippen molar-refractivity contribution in [1.82, 2.24) is 9.88 Å². The zero-order chi connectivity index (χ0) is 14.3. The van der Waals surface area contributed by atoms with Gasteiger partial charge in [-0.15, -0.1) is 0 Å². The lowest BCUT2D eigenvalue weighted by Crippen LogP contribution is -2.51. The van der Waals surface area contributed by atoms with E-state index in [1.807, 2.05) is 0 Å². The van der Waals surface area contributed by atoms with Crippen LogP contribution in [-0.4, -0.2) is 35.3 Å². The molecule has 0 spiro atoms. The monoisotopic (exact) mass is 282 g/mol. The molecule has 1 aromatic heterocycles. The Kier molecular flexibility index (Phi) is 3.31. The molecule has 1 N–H and O–H groups in total. The molecule has 2 aliphatic rings. The maximum atomic E-state index is 12.2. The smallest absolute Gasteiger partial charge is 0.261 e. The summed E-state index contributed by atoms with van der Waals surface area (Å²) in [5.74, 6) is -0.0887. The number of amides is 1. The van der Waals surface area contributed by atoms with Gasteiger partial charge in [-0.2, -0.15) is 0 Å². The van der Waals surface area contributed by atoms with Gasteiger partial charge < -0.3 is 9.88 Å². The van der Waals surface area contributed by atoms with Crippen molar-refractivity contribution in [3.05, 3.63) is 33.7 Å². The molecule has 1 aliphatic carbocycles. The summed E-state index contributed by atoms with van der Waals surface area (Å²) < 4.78 is 24.4. The van der Waals surface area contributed by atoms with E-state index in [1.54, 1.807) is 12.1 Å². The Morgan fingerprint density at radius 1 is 1.35 bits per heavy atom. The summed E-state index contributed by atoms with van der Waals surface area (Å²) in [6.45, 7) is 0.625. The third kappa shape index (κ3) is 2.59. The molecule has 2 fully saturated rings. The van der Waals surface area contributed by atoms with Crippen LogP contribution >= 0.6 is 0 Å². The van der Waals surface area contributed by atoms with Gasteiger partial charge in [0.15, 0.2) is 0 Å². The van der Waals surface area contributed by atoms with Crippen LogP contribution in [0.3, 0.4) is 0 Å². The molecule has 0 bridgehead atoms. The van der Waals surface area contributed by atoms with Crippen molar-refractivity contribution in [2.24, 2.45) is 5.92 Å². The maximum absolute atomic E-state index is 12.2. The van der Waals surface area contributed by atoms with Crippen molar-refractivity contribution in [2.75, 3.05) is 13.1 Å². The fraction of sp³-hybridized carbons (Fsp3) is 0.571. The SMILES string of the molecule is O=C(c1ccc(C2CC2)[nH]c1=O)N1CC(CC(F)F)C1. The van der Waals surface area contributed by atoms with E-state index in [0.29, 0.717) is 19.0 Å². The van der Waals surface area contributed by atoms with Gasteiger partial charge >= 0.3 is 0 Å². The van der Waals surface area contributed by atoms with Gasteiger partial charge in [0.05, 0.1) is 0 Å². The van der Waals surface area contributed by atoms with Crippen LogP contribution in [0.4, 0.5) is 8.78 Å².